The van der Waals surface area contributed by atoms with Crippen LogP contribution in [-0.4, -0.2) is 6.11 Å². The first kappa shape index (κ1) is 14.2. The fourth-order valence-electron chi connectivity index (χ4n) is 2.47. The van der Waals surface area contributed by atoms with Crippen molar-refractivity contribution in [2.24, 2.45) is 11.8 Å². The van der Waals surface area contributed by atoms with Crippen LogP contribution in [0.5, 0.6) is 5.75 Å². The van der Waals surface area contributed by atoms with Gasteiger partial charge in [0, 0.05) is 6.07 Å². The van der Waals surface area contributed by atoms with E-state index < -0.39 is 17.8 Å². The van der Waals surface area contributed by atoms with Crippen LogP contribution < -0.4 is 4.74 Å². The van der Waals surface area contributed by atoms with Crippen LogP contribution in [0.2, 0.25) is 0 Å². The van der Waals surface area contributed by atoms with Gasteiger partial charge in [-0.15, -0.1) is 0 Å². The minimum Gasteiger partial charge on any atom is -0.432 e. The molecule has 1 nitrogen and oxygen atoms in total. The van der Waals surface area contributed by atoms with Gasteiger partial charge in [0.1, 0.15) is 11.6 Å². The van der Waals surface area contributed by atoms with E-state index in [1.807, 2.05) is 0 Å². The molecular weight excluding hydrogens is 253 g/mol. The standard InChI is InChI=1S/C15H19F3O/c1-10-3-6-12(7-4-10)15(17,18)19-13-8-5-11(2)14(16)9-13/h5,8-10,12H,3-4,6-7H2,1-2H3. The highest BCUT2D eigenvalue weighted by molar-refractivity contribution is 5.28. The summed E-state index contributed by atoms with van der Waals surface area (Å²) >= 11 is 0. The van der Waals surface area contributed by atoms with Crippen molar-refractivity contribution < 1.29 is 17.9 Å². The lowest BCUT2D eigenvalue weighted by atomic mass is 9.82. The van der Waals surface area contributed by atoms with E-state index in [1.165, 1.54) is 12.1 Å². The molecule has 0 atom stereocenters. The van der Waals surface area contributed by atoms with Crippen molar-refractivity contribution in [1.29, 1.82) is 0 Å². The maximum Gasteiger partial charge on any atom is 0.400 e. The summed E-state index contributed by atoms with van der Waals surface area (Å²) in [5, 5.41) is 0. The molecule has 0 bridgehead atoms. The topological polar surface area (TPSA) is 9.23 Å². The van der Waals surface area contributed by atoms with Crippen LogP contribution in [-0.2, 0) is 0 Å². The first-order valence-corrected chi connectivity index (χ1v) is 6.71. The second kappa shape index (κ2) is 5.43. The molecule has 1 aliphatic carbocycles. The number of halogens is 3. The molecule has 0 radical (unpaired) electrons. The van der Waals surface area contributed by atoms with Crippen molar-refractivity contribution in [1.82, 2.24) is 0 Å². The largest absolute Gasteiger partial charge is 0.432 e. The molecule has 106 valence electrons. The van der Waals surface area contributed by atoms with Crippen LogP contribution in [0.15, 0.2) is 18.2 Å². The molecule has 0 heterocycles. The van der Waals surface area contributed by atoms with Crippen molar-refractivity contribution in [2.45, 2.75) is 45.6 Å². The Morgan fingerprint density at radius 3 is 2.37 bits per heavy atom. The zero-order valence-corrected chi connectivity index (χ0v) is 11.3. The molecule has 1 aromatic carbocycles. The smallest absolute Gasteiger partial charge is 0.400 e. The van der Waals surface area contributed by atoms with Crippen LogP contribution in [0.3, 0.4) is 0 Å². The number of ether oxygens (including phenoxy) is 1. The third-order valence-electron chi connectivity index (χ3n) is 3.89. The number of alkyl halides is 2. The first-order valence-electron chi connectivity index (χ1n) is 6.71. The van der Waals surface area contributed by atoms with Crippen LogP contribution >= 0.6 is 0 Å². The summed E-state index contributed by atoms with van der Waals surface area (Å²) in [5.41, 5.74) is 0.419. The molecule has 0 N–H and O–H groups in total. The van der Waals surface area contributed by atoms with E-state index in [0.717, 1.165) is 18.9 Å². The van der Waals surface area contributed by atoms with Gasteiger partial charge in [0.15, 0.2) is 0 Å². The lowest BCUT2D eigenvalue weighted by Crippen LogP contribution is -2.37. The third kappa shape index (κ3) is 3.43. The number of hydrogen-bond acceptors (Lipinski definition) is 1. The lowest BCUT2D eigenvalue weighted by Gasteiger charge is -2.32. The minimum absolute atomic E-state index is 0.105. The summed E-state index contributed by atoms with van der Waals surface area (Å²) in [4.78, 5) is 0. The van der Waals surface area contributed by atoms with Gasteiger partial charge in [0.2, 0.25) is 0 Å². The van der Waals surface area contributed by atoms with E-state index in [9.17, 15) is 13.2 Å². The quantitative estimate of drug-likeness (QED) is 0.758. The molecule has 0 saturated heterocycles. The Bertz CT molecular complexity index is 437. The van der Waals surface area contributed by atoms with Crippen molar-refractivity contribution in [3.05, 3.63) is 29.6 Å². The van der Waals surface area contributed by atoms with Crippen LogP contribution in [0.25, 0.3) is 0 Å². The molecule has 0 aliphatic heterocycles. The van der Waals surface area contributed by atoms with Crippen LogP contribution in [0.1, 0.15) is 38.2 Å². The monoisotopic (exact) mass is 272 g/mol. The van der Waals surface area contributed by atoms with Gasteiger partial charge in [-0.25, -0.2) is 4.39 Å². The fourth-order valence-corrected chi connectivity index (χ4v) is 2.47. The normalized spacial score (nSPS) is 24.3. The molecule has 0 spiro atoms. The Morgan fingerprint density at radius 1 is 1.16 bits per heavy atom. The SMILES string of the molecule is Cc1ccc(OC(F)(F)C2CCC(C)CC2)cc1F. The highest BCUT2D eigenvalue weighted by Crippen LogP contribution is 2.39. The maximum atomic E-state index is 14.0. The molecule has 1 aromatic rings. The maximum absolute atomic E-state index is 14.0. The van der Waals surface area contributed by atoms with Crippen molar-refractivity contribution >= 4 is 0 Å². The predicted molar refractivity (Wildman–Crippen MR) is 67.8 cm³/mol. The first-order chi connectivity index (χ1) is 8.88. The molecule has 1 aliphatic rings. The van der Waals surface area contributed by atoms with Crippen molar-refractivity contribution in [2.75, 3.05) is 0 Å². The number of aryl methyl sites for hydroxylation is 1. The van der Waals surface area contributed by atoms with Crippen LogP contribution in [0.4, 0.5) is 13.2 Å². The Balaban J connectivity index is 2.05. The number of benzene rings is 1. The van der Waals surface area contributed by atoms with Gasteiger partial charge in [-0.2, -0.15) is 8.78 Å². The van der Waals surface area contributed by atoms with Crippen molar-refractivity contribution in [3.8, 4) is 5.75 Å². The number of hydrogen-bond donors (Lipinski definition) is 0. The molecule has 19 heavy (non-hydrogen) atoms. The molecule has 0 aromatic heterocycles. The molecule has 2 rings (SSSR count). The van der Waals surface area contributed by atoms with Gasteiger partial charge < -0.3 is 4.74 Å². The summed E-state index contributed by atoms with van der Waals surface area (Å²) in [6.45, 7) is 3.66. The molecule has 4 heteroatoms. The van der Waals surface area contributed by atoms with E-state index in [4.69, 9.17) is 4.74 Å². The van der Waals surface area contributed by atoms with Gasteiger partial charge in [-0.1, -0.05) is 25.8 Å². The zero-order chi connectivity index (χ0) is 14.0. The van der Waals surface area contributed by atoms with E-state index in [0.29, 0.717) is 24.3 Å². The Morgan fingerprint density at radius 2 is 1.79 bits per heavy atom. The molecule has 1 fully saturated rings. The zero-order valence-electron chi connectivity index (χ0n) is 11.3. The number of rotatable bonds is 3. The summed E-state index contributed by atoms with van der Waals surface area (Å²) < 4.78 is 46.1. The summed E-state index contributed by atoms with van der Waals surface area (Å²) in [5.74, 6) is -0.894. The van der Waals surface area contributed by atoms with Gasteiger partial charge >= 0.3 is 6.11 Å². The molecule has 0 unspecified atom stereocenters. The van der Waals surface area contributed by atoms with Gasteiger partial charge in [0.25, 0.3) is 0 Å². The average Bonchev–Trinajstić information content (AvgIpc) is 2.34. The third-order valence-corrected chi connectivity index (χ3v) is 3.89. The highest BCUT2D eigenvalue weighted by atomic mass is 19.3. The second-order valence-electron chi connectivity index (χ2n) is 5.53. The Hall–Kier alpha value is -1.19. The van der Waals surface area contributed by atoms with E-state index in [1.54, 1.807) is 6.92 Å². The van der Waals surface area contributed by atoms with E-state index >= 15 is 0 Å². The molecule has 1 saturated carbocycles. The summed E-state index contributed by atoms with van der Waals surface area (Å²) in [6, 6.07) is 3.86. The van der Waals surface area contributed by atoms with E-state index in [2.05, 4.69) is 6.92 Å². The van der Waals surface area contributed by atoms with Crippen molar-refractivity contribution in [3.63, 3.8) is 0 Å². The molecule has 0 amide bonds. The lowest BCUT2D eigenvalue weighted by molar-refractivity contribution is -0.223. The summed E-state index contributed by atoms with van der Waals surface area (Å²) in [6.07, 6.45) is -0.704. The second-order valence-corrected chi connectivity index (χ2v) is 5.53. The van der Waals surface area contributed by atoms with Crippen LogP contribution in [0, 0.1) is 24.6 Å². The van der Waals surface area contributed by atoms with Gasteiger partial charge in [-0.05, 0) is 37.3 Å². The molecular formula is C15H19F3O. The van der Waals surface area contributed by atoms with Gasteiger partial charge in [0.05, 0.1) is 5.92 Å². The fraction of sp³-hybridized carbons (Fsp3) is 0.600. The highest BCUT2D eigenvalue weighted by Gasteiger charge is 2.43. The Kier molecular flexibility index (Phi) is 4.07. The van der Waals surface area contributed by atoms with E-state index in [-0.39, 0.29) is 5.75 Å². The summed E-state index contributed by atoms with van der Waals surface area (Å²) in [7, 11) is 0. The van der Waals surface area contributed by atoms with Gasteiger partial charge in [-0.3, -0.25) is 0 Å². The Labute approximate surface area is 111 Å². The minimum atomic E-state index is -3.22. The predicted octanol–water partition coefficient (Wildman–Crippen LogP) is 4.93. The average molecular weight is 272 g/mol.